The Balaban J connectivity index is 2.05. The van der Waals surface area contributed by atoms with Crippen LogP contribution in [0.1, 0.15) is 32.6 Å². The van der Waals surface area contributed by atoms with E-state index >= 15 is 0 Å². The lowest BCUT2D eigenvalue weighted by molar-refractivity contribution is -0.0785. The molecule has 15 heavy (non-hydrogen) atoms. The second-order valence-corrected chi connectivity index (χ2v) is 5.07. The molecule has 2 heteroatoms. The molecule has 1 aromatic carbocycles. The Kier molecular flexibility index (Phi) is 2.81. The average Bonchev–Trinajstić information content (AvgIpc) is 2.67. The zero-order chi connectivity index (χ0) is 10.9. The SMILES string of the molecule is CC(C)(C)C1COC(c2ccccc2)O1. The molecule has 1 aliphatic rings. The van der Waals surface area contributed by atoms with E-state index in [1.54, 1.807) is 0 Å². The molecule has 0 aliphatic carbocycles. The van der Waals surface area contributed by atoms with Crippen LogP contribution in [0, 0.1) is 5.41 Å². The summed E-state index contributed by atoms with van der Waals surface area (Å²) in [5.74, 6) is 0. The van der Waals surface area contributed by atoms with E-state index in [1.807, 2.05) is 30.3 Å². The monoisotopic (exact) mass is 206 g/mol. The van der Waals surface area contributed by atoms with Crippen molar-refractivity contribution in [2.75, 3.05) is 6.61 Å². The van der Waals surface area contributed by atoms with Crippen LogP contribution in [0.25, 0.3) is 0 Å². The summed E-state index contributed by atoms with van der Waals surface area (Å²) in [5.41, 5.74) is 1.24. The summed E-state index contributed by atoms with van der Waals surface area (Å²) < 4.78 is 11.5. The fourth-order valence-corrected chi connectivity index (χ4v) is 1.64. The predicted molar refractivity (Wildman–Crippen MR) is 59.5 cm³/mol. The van der Waals surface area contributed by atoms with Gasteiger partial charge >= 0.3 is 0 Å². The van der Waals surface area contributed by atoms with Crippen LogP contribution in [0.4, 0.5) is 0 Å². The van der Waals surface area contributed by atoms with Gasteiger partial charge in [0.15, 0.2) is 6.29 Å². The second-order valence-electron chi connectivity index (χ2n) is 5.07. The topological polar surface area (TPSA) is 18.5 Å². The Morgan fingerprint density at radius 1 is 1.13 bits per heavy atom. The van der Waals surface area contributed by atoms with Gasteiger partial charge in [-0.15, -0.1) is 0 Å². The highest BCUT2D eigenvalue weighted by Crippen LogP contribution is 2.34. The van der Waals surface area contributed by atoms with Gasteiger partial charge in [-0.2, -0.15) is 0 Å². The van der Waals surface area contributed by atoms with E-state index in [1.165, 1.54) is 0 Å². The third-order valence-electron chi connectivity index (χ3n) is 2.72. The average molecular weight is 206 g/mol. The summed E-state index contributed by atoms with van der Waals surface area (Å²) in [5, 5.41) is 0. The van der Waals surface area contributed by atoms with Crippen LogP contribution >= 0.6 is 0 Å². The van der Waals surface area contributed by atoms with E-state index in [2.05, 4.69) is 20.8 Å². The maximum atomic E-state index is 5.89. The molecule has 0 spiro atoms. The molecule has 2 nitrogen and oxygen atoms in total. The maximum absolute atomic E-state index is 5.89. The first-order chi connectivity index (χ1) is 7.07. The Labute approximate surface area is 91.2 Å². The zero-order valence-electron chi connectivity index (χ0n) is 9.57. The van der Waals surface area contributed by atoms with Crippen LogP contribution in [0.15, 0.2) is 30.3 Å². The van der Waals surface area contributed by atoms with E-state index in [0.29, 0.717) is 6.61 Å². The molecular formula is C13H18O2. The molecule has 2 unspecified atom stereocenters. The second kappa shape index (κ2) is 3.95. The van der Waals surface area contributed by atoms with Crippen molar-refractivity contribution in [1.82, 2.24) is 0 Å². The molecule has 0 amide bonds. The summed E-state index contributed by atoms with van der Waals surface area (Å²) in [6.45, 7) is 7.21. The van der Waals surface area contributed by atoms with Crippen LogP contribution in [-0.2, 0) is 9.47 Å². The van der Waals surface area contributed by atoms with E-state index in [9.17, 15) is 0 Å². The molecule has 0 bridgehead atoms. The molecule has 0 aromatic heterocycles. The van der Waals surface area contributed by atoms with Gasteiger partial charge in [0.05, 0.1) is 12.7 Å². The molecule has 0 saturated carbocycles. The van der Waals surface area contributed by atoms with Gasteiger partial charge in [0.1, 0.15) is 0 Å². The van der Waals surface area contributed by atoms with Gasteiger partial charge < -0.3 is 9.47 Å². The van der Waals surface area contributed by atoms with Crippen LogP contribution in [0.5, 0.6) is 0 Å². The van der Waals surface area contributed by atoms with Gasteiger partial charge in [-0.05, 0) is 5.41 Å². The largest absolute Gasteiger partial charge is 0.346 e. The Hall–Kier alpha value is -0.860. The van der Waals surface area contributed by atoms with Gasteiger partial charge in [-0.25, -0.2) is 0 Å². The standard InChI is InChI=1S/C13H18O2/c1-13(2,3)11-9-14-12(15-11)10-7-5-4-6-8-10/h4-8,11-12H,9H2,1-3H3. The number of ether oxygens (including phenoxy) is 2. The first-order valence-electron chi connectivity index (χ1n) is 5.39. The quantitative estimate of drug-likeness (QED) is 0.702. The predicted octanol–water partition coefficient (Wildman–Crippen LogP) is 3.15. The lowest BCUT2D eigenvalue weighted by Gasteiger charge is -2.24. The third-order valence-corrected chi connectivity index (χ3v) is 2.72. The van der Waals surface area contributed by atoms with Gasteiger partial charge in [0, 0.05) is 5.56 Å². The van der Waals surface area contributed by atoms with Crippen molar-refractivity contribution in [2.24, 2.45) is 5.41 Å². The molecular weight excluding hydrogens is 188 g/mol. The van der Waals surface area contributed by atoms with Crippen LogP contribution < -0.4 is 0 Å². The molecule has 1 aliphatic heterocycles. The Morgan fingerprint density at radius 2 is 1.80 bits per heavy atom. The van der Waals surface area contributed by atoms with Crippen LogP contribution in [0.2, 0.25) is 0 Å². The summed E-state index contributed by atoms with van der Waals surface area (Å²) in [4.78, 5) is 0. The molecule has 1 saturated heterocycles. The minimum absolute atomic E-state index is 0.142. The first-order valence-corrected chi connectivity index (χ1v) is 5.39. The Bertz CT molecular complexity index is 313. The van der Waals surface area contributed by atoms with Gasteiger partial charge in [-0.1, -0.05) is 51.1 Å². The van der Waals surface area contributed by atoms with Crippen molar-refractivity contribution in [3.8, 4) is 0 Å². The third kappa shape index (κ3) is 2.39. The molecule has 82 valence electrons. The van der Waals surface area contributed by atoms with E-state index < -0.39 is 0 Å². The van der Waals surface area contributed by atoms with Crippen molar-refractivity contribution < 1.29 is 9.47 Å². The zero-order valence-corrected chi connectivity index (χ0v) is 9.57. The molecule has 1 aromatic rings. The summed E-state index contributed by atoms with van der Waals surface area (Å²) >= 11 is 0. The number of rotatable bonds is 1. The van der Waals surface area contributed by atoms with E-state index in [0.717, 1.165) is 5.56 Å². The van der Waals surface area contributed by atoms with Crippen molar-refractivity contribution >= 4 is 0 Å². The normalized spacial score (nSPS) is 26.9. The fourth-order valence-electron chi connectivity index (χ4n) is 1.64. The van der Waals surface area contributed by atoms with Crippen LogP contribution in [0.3, 0.4) is 0 Å². The number of hydrogen-bond donors (Lipinski definition) is 0. The summed E-state index contributed by atoms with van der Waals surface area (Å²) in [7, 11) is 0. The number of benzene rings is 1. The lowest BCUT2D eigenvalue weighted by atomic mass is 9.90. The highest BCUT2D eigenvalue weighted by molar-refractivity contribution is 5.16. The van der Waals surface area contributed by atoms with Gasteiger partial charge in [0.2, 0.25) is 0 Å². The van der Waals surface area contributed by atoms with Crippen molar-refractivity contribution in [2.45, 2.75) is 33.2 Å². The van der Waals surface area contributed by atoms with E-state index in [4.69, 9.17) is 9.47 Å². The summed E-state index contributed by atoms with van der Waals surface area (Å²) in [6, 6.07) is 10.1. The highest BCUT2D eigenvalue weighted by atomic mass is 16.7. The molecule has 2 atom stereocenters. The van der Waals surface area contributed by atoms with E-state index in [-0.39, 0.29) is 17.8 Å². The molecule has 1 heterocycles. The molecule has 1 fully saturated rings. The van der Waals surface area contributed by atoms with Gasteiger partial charge in [0.25, 0.3) is 0 Å². The molecule has 0 radical (unpaired) electrons. The smallest absolute Gasteiger partial charge is 0.184 e. The fraction of sp³-hybridized carbons (Fsp3) is 0.538. The first kappa shape index (κ1) is 10.7. The lowest BCUT2D eigenvalue weighted by Crippen LogP contribution is -2.28. The highest BCUT2D eigenvalue weighted by Gasteiger charge is 2.35. The van der Waals surface area contributed by atoms with Gasteiger partial charge in [-0.3, -0.25) is 0 Å². The number of hydrogen-bond acceptors (Lipinski definition) is 2. The maximum Gasteiger partial charge on any atom is 0.184 e. The van der Waals surface area contributed by atoms with Crippen molar-refractivity contribution in [3.63, 3.8) is 0 Å². The molecule has 2 rings (SSSR count). The summed E-state index contributed by atoms with van der Waals surface area (Å²) in [6.07, 6.45) is -0.00173. The minimum atomic E-state index is -0.185. The van der Waals surface area contributed by atoms with Crippen molar-refractivity contribution in [1.29, 1.82) is 0 Å². The van der Waals surface area contributed by atoms with Crippen LogP contribution in [-0.4, -0.2) is 12.7 Å². The Morgan fingerprint density at radius 3 is 2.33 bits per heavy atom. The van der Waals surface area contributed by atoms with Crippen molar-refractivity contribution in [3.05, 3.63) is 35.9 Å². The molecule has 0 N–H and O–H groups in total. The minimum Gasteiger partial charge on any atom is -0.346 e.